The predicted molar refractivity (Wildman–Crippen MR) is 134 cm³/mol. The smallest absolute Gasteiger partial charge is 0.253 e. The number of nitrogens with zero attached hydrogens (tertiary/aromatic N) is 3. The van der Waals surface area contributed by atoms with Crippen LogP contribution in [0.25, 0.3) is 0 Å². The first-order valence-electron chi connectivity index (χ1n) is 10.3. The number of carbonyl (C=O) groups is 1. The number of carbonyl (C=O) groups excluding carboxylic acids is 1. The highest BCUT2D eigenvalue weighted by atomic mass is 127. The number of benzene rings is 1. The maximum Gasteiger partial charge on any atom is 0.253 e. The molecular weight excluding hydrogens is 477 g/mol. The fourth-order valence-corrected chi connectivity index (χ4v) is 3.10. The van der Waals surface area contributed by atoms with Gasteiger partial charge in [-0.05, 0) is 58.7 Å². The van der Waals surface area contributed by atoms with Gasteiger partial charge in [-0.25, -0.2) is 4.99 Å². The Hall–Kier alpha value is -1.35. The van der Waals surface area contributed by atoms with Crippen molar-refractivity contribution in [2.24, 2.45) is 4.99 Å². The summed E-state index contributed by atoms with van der Waals surface area (Å²) in [6.45, 7) is 14.4. The fraction of sp³-hybridized carbons (Fsp3) is 0.636. The molecule has 0 aliphatic rings. The fourth-order valence-electron chi connectivity index (χ4n) is 3.10. The largest absolute Gasteiger partial charge is 0.357 e. The summed E-state index contributed by atoms with van der Waals surface area (Å²) < 4.78 is 0. The molecule has 0 atom stereocenters. The van der Waals surface area contributed by atoms with Crippen molar-refractivity contribution in [3.63, 3.8) is 0 Å². The predicted octanol–water partition coefficient (Wildman–Crippen LogP) is 3.57. The van der Waals surface area contributed by atoms with E-state index in [1.54, 1.807) is 19.0 Å². The van der Waals surface area contributed by atoms with Crippen LogP contribution in [0.4, 0.5) is 0 Å². The Morgan fingerprint density at radius 3 is 2.10 bits per heavy atom. The molecule has 0 radical (unpaired) electrons. The summed E-state index contributed by atoms with van der Waals surface area (Å²) in [6, 6.07) is 8.77. The molecule has 0 aromatic heterocycles. The molecule has 1 aromatic carbocycles. The normalized spacial score (nSPS) is 11.6. The minimum absolute atomic E-state index is 0. The van der Waals surface area contributed by atoms with Crippen LogP contribution in [0.5, 0.6) is 0 Å². The topological polar surface area (TPSA) is 60.0 Å². The number of rotatable bonds is 10. The number of nitrogens with one attached hydrogen (secondary N) is 2. The van der Waals surface area contributed by atoms with Crippen molar-refractivity contribution < 1.29 is 4.79 Å². The SMILES string of the molecule is CCNC(=NCc1ccc(C(=O)N(C)C)cc1)NCCCN(C(C)C)C(C)C.I. The van der Waals surface area contributed by atoms with E-state index in [0.717, 1.165) is 37.6 Å². The monoisotopic (exact) mass is 517 g/mol. The number of amides is 1. The van der Waals surface area contributed by atoms with Crippen molar-refractivity contribution in [2.75, 3.05) is 33.7 Å². The van der Waals surface area contributed by atoms with Crippen LogP contribution in [-0.4, -0.2) is 67.5 Å². The van der Waals surface area contributed by atoms with E-state index in [1.165, 1.54) is 0 Å². The van der Waals surface area contributed by atoms with Crippen LogP contribution < -0.4 is 10.6 Å². The molecule has 0 aliphatic heterocycles. The maximum absolute atomic E-state index is 12.0. The highest BCUT2D eigenvalue weighted by Gasteiger charge is 2.12. The van der Waals surface area contributed by atoms with Crippen molar-refractivity contribution >= 4 is 35.8 Å². The Kier molecular flexibility index (Phi) is 13.9. The molecule has 0 saturated carbocycles. The van der Waals surface area contributed by atoms with Crippen LogP contribution in [0.15, 0.2) is 29.3 Å². The highest BCUT2D eigenvalue weighted by Crippen LogP contribution is 2.08. The zero-order valence-corrected chi connectivity index (χ0v) is 21.5. The maximum atomic E-state index is 12.0. The Balaban J connectivity index is 0.00000784. The van der Waals surface area contributed by atoms with Crippen LogP contribution in [0, 0.1) is 0 Å². The number of hydrogen-bond acceptors (Lipinski definition) is 3. The molecule has 0 aliphatic carbocycles. The minimum Gasteiger partial charge on any atom is -0.357 e. The lowest BCUT2D eigenvalue weighted by Crippen LogP contribution is -2.41. The van der Waals surface area contributed by atoms with Gasteiger partial charge in [0.05, 0.1) is 6.54 Å². The standard InChI is InChI=1S/C22H39N5O.HI/c1-8-23-22(24-14-9-15-27(17(2)3)18(4)5)25-16-19-10-12-20(13-11-19)21(28)26(6)7;/h10-13,17-18H,8-9,14-16H2,1-7H3,(H2,23,24,25);1H. The molecule has 6 nitrogen and oxygen atoms in total. The van der Waals surface area contributed by atoms with Crippen LogP contribution in [-0.2, 0) is 6.54 Å². The van der Waals surface area contributed by atoms with Gasteiger partial charge in [-0.1, -0.05) is 12.1 Å². The van der Waals surface area contributed by atoms with Crippen LogP contribution >= 0.6 is 24.0 Å². The molecule has 7 heteroatoms. The zero-order chi connectivity index (χ0) is 21.1. The third-order valence-corrected chi connectivity index (χ3v) is 4.58. The summed E-state index contributed by atoms with van der Waals surface area (Å²) >= 11 is 0. The Bertz CT molecular complexity index is 606. The van der Waals surface area contributed by atoms with E-state index >= 15 is 0 Å². The van der Waals surface area contributed by atoms with Gasteiger partial charge in [0.2, 0.25) is 0 Å². The average molecular weight is 518 g/mol. The number of hydrogen-bond donors (Lipinski definition) is 2. The van der Waals surface area contributed by atoms with E-state index in [9.17, 15) is 4.79 Å². The molecule has 0 saturated heterocycles. The molecule has 0 heterocycles. The lowest BCUT2D eigenvalue weighted by atomic mass is 10.1. The third-order valence-electron chi connectivity index (χ3n) is 4.58. The van der Waals surface area contributed by atoms with Gasteiger partial charge in [0, 0.05) is 51.4 Å². The molecule has 29 heavy (non-hydrogen) atoms. The molecule has 0 fully saturated rings. The van der Waals surface area contributed by atoms with E-state index in [2.05, 4.69) is 55.1 Å². The zero-order valence-electron chi connectivity index (χ0n) is 19.2. The second-order valence-electron chi connectivity index (χ2n) is 7.80. The van der Waals surface area contributed by atoms with E-state index < -0.39 is 0 Å². The summed E-state index contributed by atoms with van der Waals surface area (Å²) in [7, 11) is 3.52. The first-order valence-corrected chi connectivity index (χ1v) is 10.3. The summed E-state index contributed by atoms with van der Waals surface area (Å²) in [5, 5.41) is 6.72. The average Bonchev–Trinajstić information content (AvgIpc) is 2.64. The van der Waals surface area contributed by atoms with Crippen molar-refractivity contribution in [3.8, 4) is 0 Å². The Morgan fingerprint density at radius 2 is 1.62 bits per heavy atom. The first kappa shape index (κ1) is 27.6. The second kappa shape index (κ2) is 14.6. The first-order chi connectivity index (χ1) is 13.3. The van der Waals surface area contributed by atoms with Crippen molar-refractivity contribution in [2.45, 2.75) is 59.7 Å². The van der Waals surface area contributed by atoms with Gasteiger partial charge in [0.15, 0.2) is 5.96 Å². The number of halogens is 1. The lowest BCUT2D eigenvalue weighted by Gasteiger charge is -2.30. The second-order valence-corrected chi connectivity index (χ2v) is 7.80. The third kappa shape index (κ3) is 10.3. The molecular formula is C22H40IN5O. The van der Waals surface area contributed by atoms with E-state index in [1.807, 2.05) is 24.3 Å². The van der Waals surface area contributed by atoms with Gasteiger partial charge in [0.1, 0.15) is 0 Å². The van der Waals surface area contributed by atoms with Gasteiger partial charge < -0.3 is 15.5 Å². The van der Waals surface area contributed by atoms with Gasteiger partial charge in [-0.2, -0.15) is 0 Å². The van der Waals surface area contributed by atoms with E-state index in [-0.39, 0.29) is 29.9 Å². The van der Waals surface area contributed by atoms with Crippen molar-refractivity contribution in [1.29, 1.82) is 0 Å². The van der Waals surface area contributed by atoms with Crippen LogP contribution in [0.3, 0.4) is 0 Å². The van der Waals surface area contributed by atoms with Gasteiger partial charge in [0.25, 0.3) is 5.91 Å². The molecule has 2 N–H and O–H groups in total. The molecule has 1 aromatic rings. The molecule has 0 unspecified atom stereocenters. The van der Waals surface area contributed by atoms with Crippen molar-refractivity contribution in [3.05, 3.63) is 35.4 Å². The summed E-state index contributed by atoms with van der Waals surface area (Å²) in [4.78, 5) is 20.7. The van der Waals surface area contributed by atoms with Crippen LogP contribution in [0.1, 0.15) is 57.0 Å². The summed E-state index contributed by atoms with van der Waals surface area (Å²) in [5.74, 6) is 0.846. The molecule has 1 rings (SSSR count). The highest BCUT2D eigenvalue weighted by molar-refractivity contribution is 14.0. The summed E-state index contributed by atoms with van der Waals surface area (Å²) in [6.07, 6.45) is 1.07. The van der Waals surface area contributed by atoms with Gasteiger partial charge in [-0.3, -0.25) is 9.69 Å². The quantitative estimate of drug-likeness (QED) is 0.216. The Labute approximate surface area is 194 Å². The lowest BCUT2D eigenvalue weighted by molar-refractivity contribution is 0.0827. The Morgan fingerprint density at radius 1 is 1.03 bits per heavy atom. The number of guanidine groups is 1. The molecule has 166 valence electrons. The van der Waals surface area contributed by atoms with Crippen molar-refractivity contribution in [1.82, 2.24) is 20.4 Å². The molecule has 1 amide bonds. The van der Waals surface area contributed by atoms with E-state index in [4.69, 9.17) is 0 Å². The van der Waals surface area contributed by atoms with Crippen LogP contribution in [0.2, 0.25) is 0 Å². The molecule has 0 spiro atoms. The minimum atomic E-state index is 0. The number of aliphatic imine (C=N–C) groups is 1. The van der Waals surface area contributed by atoms with Gasteiger partial charge >= 0.3 is 0 Å². The van der Waals surface area contributed by atoms with E-state index in [0.29, 0.717) is 24.2 Å². The van der Waals surface area contributed by atoms with Gasteiger partial charge in [-0.15, -0.1) is 24.0 Å². The summed E-state index contributed by atoms with van der Waals surface area (Å²) in [5.41, 5.74) is 1.78. The molecule has 0 bridgehead atoms.